The van der Waals surface area contributed by atoms with Gasteiger partial charge in [-0.2, -0.15) is 13.2 Å². The highest BCUT2D eigenvalue weighted by Crippen LogP contribution is 2.28. The van der Waals surface area contributed by atoms with Crippen molar-refractivity contribution in [3.8, 4) is 0 Å². The van der Waals surface area contributed by atoms with Crippen LogP contribution in [0.5, 0.6) is 0 Å². The smallest absolute Gasteiger partial charge is 0.403 e. The zero-order valence-corrected chi connectivity index (χ0v) is 9.83. The lowest BCUT2D eigenvalue weighted by Gasteiger charge is -2.25. The van der Waals surface area contributed by atoms with Crippen molar-refractivity contribution in [1.82, 2.24) is 4.90 Å². The molecule has 1 aliphatic heterocycles. The fourth-order valence-electron chi connectivity index (χ4n) is 2.08. The number of rotatable bonds is 3. The molecule has 0 aromatic rings. The number of carbonyl (C=O) groups is 1. The highest BCUT2D eigenvalue weighted by Gasteiger charge is 2.45. The van der Waals surface area contributed by atoms with Gasteiger partial charge in [-0.1, -0.05) is 6.92 Å². The largest absolute Gasteiger partial charge is 0.481 e. The molecule has 0 aromatic heterocycles. The number of halogens is 3. The SMILES string of the molecule is CC1CCCN(CC(C(=O)O)C(F)(F)F)CC1. The molecule has 0 spiro atoms. The van der Waals surface area contributed by atoms with Crippen LogP contribution in [-0.4, -0.2) is 41.8 Å². The van der Waals surface area contributed by atoms with E-state index in [4.69, 9.17) is 5.11 Å². The van der Waals surface area contributed by atoms with Gasteiger partial charge in [0.2, 0.25) is 0 Å². The van der Waals surface area contributed by atoms with E-state index in [1.165, 1.54) is 0 Å². The summed E-state index contributed by atoms with van der Waals surface area (Å²) in [5.41, 5.74) is 0. The van der Waals surface area contributed by atoms with Gasteiger partial charge in [0.15, 0.2) is 5.92 Å². The maximum Gasteiger partial charge on any atom is 0.403 e. The second-order valence-corrected chi connectivity index (χ2v) is 4.77. The van der Waals surface area contributed by atoms with Crippen LogP contribution in [0.2, 0.25) is 0 Å². The minimum atomic E-state index is -4.66. The highest BCUT2D eigenvalue weighted by molar-refractivity contribution is 5.71. The van der Waals surface area contributed by atoms with Crippen molar-refractivity contribution in [3.63, 3.8) is 0 Å². The molecule has 17 heavy (non-hydrogen) atoms. The Hall–Kier alpha value is -0.780. The number of alkyl halides is 3. The Labute approximate surface area is 98.6 Å². The van der Waals surface area contributed by atoms with Crippen LogP contribution in [0.4, 0.5) is 13.2 Å². The third-order valence-corrected chi connectivity index (χ3v) is 3.24. The van der Waals surface area contributed by atoms with E-state index in [1.54, 1.807) is 4.90 Å². The van der Waals surface area contributed by atoms with Crippen molar-refractivity contribution in [2.45, 2.75) is 32.4 Å². The predicted molar refractivity (Wildman–Crippen MR) is 56.6 cm³/mol. The number of carboxylic acids is 1. The molecule has 0 saturated carbocycles. The molecule has 2 unspecified atom stereocenters. The van der Waals surface area contributed by atoms with Crippen molar-refractivity contribution in [1.29, 1.82) is 0 Å². The number of hydrogen-bond donors (Lipinski definition) is 1. The van der Waals surface area contributed by atoms with Gasteiger partial charge >= 0.3 is 12.1 Å². The van der Waals surface area contributed by atoms with E-state index in [9.17, 15) is 18.0 Å². The molecule has 0 radical (unpaired) electrons. The van der Waals surface area contributed by atoms with Crippen molar-refractivity contribution in [3.05, 3.63) is 0 Å². The van der Waals surface area contributed by atoms with Gasteiger partial charge in [0.05, 0.1) is 0 Å². The van der Waals surface area contributed by atoms with Crippen LogP contribution < -0.4 is 0 Å². The normalized spacial score (nSPS) is 25.3. The molecule has 0 aromatic carbocycles. The van der Waals surface area contributed by atoms with E-state index < -0.39 is 24.6 Å². The average molecular weight is 253 g/mol. The van der Waals surface area contributed by atoms with Gasteiger partial charge in [-0.25, -0.2) is 0 Å². The summed E-state index contributed by atoms with van der Waals surface area (Å²) in [4.78, 5) is 12.2. The summed E-state index contributed by atoms with van der Waals surface area (Å²) in [7, 11) is 0. The highest BCUT2D eigenvalue weighted by atomic mass is 19.4. The molecule has 6 heteroatoms. The summed E-state index contributed by atoms with van der Waals surface area (Å²) in [6.45, 7) is 2.76. The van der Waals surface area contributed by atoms with Crippen molar-refractivity contribution in [2.75, 3.05) is 19.6 Å². The van der Waals surface area contributed by atoms with Gasteiger partial charge in [-0.05, 0) is 38.3 Å². The lowest BCUT2D eigenvalue weighted by Crippen LogP contribution is -2.41. The van der Waals surface area contributed by atoms with Crippen molar-refractivity contribution < 1.29 is 23.1 Å². The quantitative estimate of drug-likeness (QED) is 0.839. The van der Waals surface area contributed by atoms with Gasteiger partial charge in [-0.3, -0.25) is 4.79 Å². The Balaban J connectivity index is 2.58. The molecule has 3 nitrogen and oxygen atoms in total. The molecule has 2 atom stereocenters. The standard InChI is InChI=1S/C11H18F3NO2/c1-8-3-2-5-15(6-4-8)7-9(10(16)17)11(12,13)14/h8-9H,2-7H2,1H3,(H,16,17). The van der Waals surface area contributed by atoms with Crippen LogP contribution >= 0.6 is 0 Å². The molecule has 1 rings (SSSR count). The zero-order chi connectivity index (χ0) is 13.1. The molecule has 1 saturated heterocycles. The summed E-state index contributed by atoms with van der Waals surface area (Å²) in [6, 6.07) is 0. The second kappa shape index (κ2) is 5.71. The van der Waals surface area contributed by atoms with Crippen LogP contribution in [0, 0.1) is 11.8 Å². The van der Waals surface area contributed by atoms with E-state index in [0.717, 1.165) is 19.3 Å². The molecule has 1 aliphatic rings. The summed E-state index contributed by atoms with van der Waals surface area (Å²) >= 11 is 0. The monoisotopic (exact) mass is 253 g/mol. The first-order chi connectivity index (χ1) is 7.80. The fraction of sp³-hybridized carbons (Fsp3) is 0.909. The molecule has 0 aliphatic carbocycles. The van der Waals surface area contributed by atoms with Gasteiger partial charge in [0.1, 0.15) is 0 Å². The fourth-order valence-corrected chi connectivity index (χ4v) is 2.08. The first-order valence-electron chi connectivity index (χ1n) is 5.82. The Morgan fingerprint density at radius 3 is 2.59 bits per heavy atom. The van der Waals surface area contributed by atoms with Gasteiger partial charge < -0.3 is 10.0 Å². The molecular weight excluding hydrogens is 235 g/mol. The topological polar surface area (TPSA) is 40.5 Å². The molecule has 100 valence electrons. The molecule has 1 N–H and O–H groups in total. The second-order valence-electron chi connectivity index (χ2n) is 4.77. The van der Waals surface area contributed by atoms with Crippen LogP contribution in [0.25, 0.3) is 0 Å². The number of aliphatic carboxylic acids is 1. The first kappa shape index (κ1) is 14.3. The van der Waals surface area contributed by atoms with Crippen molar-refractivity contribution in [2.24, 2.45) is 11.8 Å². The summed E-state index contributed by atoms with van der Waals surface area (Å²) in [5, 5.41) is 8.62. The zero-order valence-electron chi connectivity index (χ0n) is 9.83. The Kier molecular flexibility index (Phi) is 4.80. The third kappa shape index (κ3) is 4.53. The lowest BCUT2D eigenvalue weighted by atomic mass is 10.0. The van der Waals surface area contributed by atoms with Crippen LogP contribution in [0.1, 0.15) is 26.2 Å². The number of hydrogen-bond acceptors (Lipinski definition) is 2. The van der Waals surface area contributed by atoms with Crippen LogP contribution in [0.3, 0.4) is 0 Å². The Bertz CT molecular complexity index is 268. The Morgan fingerprint density at radius 2 is 2.06 bits per heavy atom. The molecule has 1 heterocycles. The van der Waals surface area contributed by atoms with E-state index in [1.807, 2.05) is 0 Å². The minimum Gasteiger partial charge on any atom is -0.481 e. The van der Waals surface area contributed by atoms with E-state index >= 15 is 0 Å². The van der Waals surface area contributed by atoms with E-state index in [-0.39, 0.29) is 0 Å². The van der Waals surface area contributed by atoms with Crippen LogP contribution in [-0.2, 0) is 4.79 Å². The number of likely N-dealkylation sites (tertiary alicyclic amines) is 1. The van der Waals surface area contributed by atoms with E-state index in [2.05, 4.69) is 6.92 Å². The first-order valence-corrected chi connectivity index (χ1v) is 5.82. The maximum absolute atomic E-state index is 12.5. The lowest BCUT2D eigenvalue weighted by molar-refractivity contribution is -0.196. The van der Waals surface area contributed by atoms with Crippen LogP contribution in [0.15, 0.2) is 0 Å². The molecule has 1 fully saturated rings. The maximum atomic E-state index is 12.5. The Morgan fingerprint density at radius 1 is 1.41 bits per heavy atom. The molecular formula is C11H18F3NO2. The van der Waals surface area contributed by atoms with E-state index in [0.29, 0.717) is 19.0 Å². The minimum absolute atomic E-state index is 0.425. The summed E-state index contributed by atoms with van der Waals surface area (Å²) in [6.07, 6.45) is -1.99. The predicted octanol–water partition coefficient (Wildman–Crippen LogP) is 2.37. The molecule has 0 bridgehead atoms. The average Bonchev–Trinajstić information content (AvgIpc) is 2.37. The van der Waals surface area contributed by atoms with Gasteiger partial charge in [0.25, 0.3) is 0 Å². The summed E-state index contributed by atoms with van der Waals surface area (Å²) in [5.74, 6) is -3.54. The number of carboxylic acid groups (broad SMARTS) is 1. The van der Waals surface area contributed by atoms with Gasteiger partial charge in [-0.15, -0.1) is 0 Å². The molecule has 0 amide bonds. The summed E-state index contributed by atoms with van der Waals surface area (Å²) < 4.78 is 37.5. The number of nitrogens with zero attached hydrogens (tertiary/aromatic N) is 1. The van der Waals surface area contributed by atoms with Gasteiger partial charge in [0, 0.05) is 6.54 Å². The van der Waals surface area contributed by atoms with Crippen molar-refractivity contribution >= 4 is 5.97 Å². The third-order valence-electron chi connectivity index (χ3n) is 3.24.